The first-order valence-corrected chi connectivity index (χ1v) is 9.05. The van der Waals surface area contributed by atoms with Crippen LogP contribution in [0.2, 0.25) is 0 Å². The zero-order valence-electron chi connectivity index (χ0n) is 15.6. The minimum atomic E-state index is -0.784. The van der Waals surface area contributed by atoms with Gasteiger partial charge in [-0.15, -0.1) is 0 Å². The fourth-order valence-electron chi connectivity index (χ4n) is 3.34. The van der Waals surface area contributed by atoms with Gasteiger partial charge in [-0.25, -0.2) is 0 Å². The summed E-state index contributed by atoms with van der Waals surface area (Å²) >= 11 is 0. The van der Waals surface area contributed by atoms with E-state index >= 15 is 0 Å². The van der Waals surface area contributed by atoms with Crippen molar-refractivity contribution in [2.24, 2.45) is 11.8 Å². The SMILES string of the molecule is COc1ccc(CNC(=O)COC(=O)CN2C(=O)[C@H]3CC=CC[C@H]3C2=O)cc1. The second-order valence-electron chi connectivity index (χ2n) is 6.70. The Morgan fingerprint density at radius 2 is 1.68 bits per heavy atom. The summed E-state index contributed by atoms with van der Waals surface area (Å²) in [5, 5.41) is 2.63. The summed E-state index contributed by atoms with van der Waals surface area (Å²) in [6.07, 6.45) is 4.77. The smallest absolute Gasteiger partial charge is 0.326 e. The number of hydrogen-bond donors (Lipinski definition) is 1. The van der Waals surface area contributed by atoms with Gasteiger partial charge < -0.3 is 14.8 Å². The topological polar surface area (TPSA) is 102 Å². The highest BCUT2D eigenvalue weighted by Gasteiger charge is 2.47. The number of allylic oxidation sites excluding steroid dienone is 2. The van der Waals surface area contributed by atoms with Crippen LogP contribution in [0, 0.1) is 11.8 Å². The number of nitrogens with zero attached hydrogens (tertiary/aromatic N) is 1. The second-order valence-corrected chi connectivity index (χ2v) is 6.70. The summed E-state index contributed by atoms with van der Waals surface area (Å²) in [6.45, 7) is -0.657. The van der Waals surface area contributed by atoms with Crippen molar-refractivity contribution in [1.82, 2.24) is 10.2 Å². The molecular weight excluding hydrogens is 364 g/mol. The van der Waals surface area contributed by atoms with Crippen LogP contribution in [-0.4, -0.2) is 48.9 Å². The van der Waals surface area contributed by atoms with E-state index in [1.807, 2.05) is 24.3 Å². The van der Waals surface area contributed by atoms with Crippen LogP contribution < -0.4 is 10.1 Å². The van der Waals surface area contributed by atoms with Crippen LogP contribution in [0.5, 0.6) is 5.75 Å². The first kappa shape index (κ1) is 19.6. The normalized spacial score (nSPS) is 20.7. The van der Waals surface area contributed by atoms with Crippen molar-refractivity contribution in [1.29, 1.82) is 0 Å². The number of esters is 1. The summed E-state index contributed by atoms with van der Waals surface area (Å²) in [7, 11) is 1.57. The molecule has 1 aliphatic carbocycles. The molecule has 1 aromatic carbocycles. The van der Waals surface area contributed by atoms with Gasteiger partial charge in [-0.2, -0.15) is 0 Å². The largest absolute Gasteiger partial charge is 0.497 e. The molecule has 148 valence electrons. The van der Waals surface area contributed by atoms with Crippen LogP contribution in [0.4, 0.5) is 0 Å². The second kappa shape index (κ2) is 8.69. The van der Waals surface area contributed by atoms with Crippen molar-refractivity contribution >= 4 is 23.7 Å². The summed E-state index contributed by atoms with van der Waals surface area (Å²) < 4.78 is 9.97. The number of likely N-dealkylation sites (tertiary alicyclic amines) is 1. The first-order valence-electron chi connectivity index (χ1n) is 9.05. The molecule has 2 aliphatic rings. The van der Waals surface area contributed by atoms with Gasteiger partial charge in [0.2, 0.25) is 11.8 Å². The zero-order valence-corrected chi connectivity index (χ0v) is 15.6. The Labute approximate surface area is 162 Å². The molecule has 0 radical (unpaired) electrons. The lowest BCUT2D eigenvalue weighted by Gasteiger charge is -2.14. The van der Waals surface area contributed by atoms with Gasteiger partial charge >= 0.3 is 5.97 Å². The lowest BCUT2D eigenvalue weighted by molar-refractivity contribution is -0.154. The average Bonchev–Trinajstić information content (AvgIpc) is 2.96. The average molecular weight is 386 g/mol. The van der Waals surface area contributed by atoms with Gasteiger partial charge in [-0.05, 0) is 30.5 Å². The van der Waals surface area contributed by atoms with Crippen LogP contribution in [0.25, 0.3) is 0 Å². The Balaban J connectivity index is 1.42. The predicted molar refractivity (Wildman–Crippen MR) is 97.9 cm³/mol. The molecule has 8 nitrogen and oxygen atoms in total. The molecule has 28 heavy (non-hydrogen) atoms. The molecule has 2 atom stereocenters. The van der Waals surface area contributed by atoms with Crippen LogP contribution in [0.15, 0.2) is 36.4 Å². The van der Waals surface area contributed by atoms with Gasteiger partial charge in [0.25, 0.3) is 5.91 Å². The number of benzene rings is 1. The number of amides is 3. The summed E-state index contributed by atoms with van der Waals surface area (Å²) in [4.78, 5) is 49.4. The van der Waals surface area contributed by atoms with Gasteiger partial charge in [-0.3, -0.25) is 24.1 Å². The van der Waals surface area contributed by atoms with Crippen molar-refractivity contribution in [3.8, 4) is 5.75 Å². The van der Waals surface area contributed by atoms with E-state index < -0.39 is 36.9 Å². The Morgan fingerprint density at radius 1 is 1.07 bits per heavy atom. The number of imide groups is 1. The Bertz CT molecular complexity index is 775. The highest BCUT2D eigenvalue weighted by molar-refractivity contribution is 6.07. The highest BCUT2D eigenvalue weighted by atomic mass is 16.5. The third kappa shape index (κ3) is 4.39. The van der Waals surface area contributed by atoms with E-state index in [1.165, 1.54) is 0 Å². The van der Waals surface area contributed by atoms with E-state index in [4.69, 9.17) is 9.47 Å². The molecule has 1 saturated heterocycles. The number of methoxy groups -OCH3 is 1. The van der Waals surface area contributed by atoms with Crippen molar-refractivity contribution in [2.45, 2.75) is 19.4 Å². The van der Waals surface area contributed by atoms with Crippen LogP contribution in [0.1, 0.15) is 18.4 Å². The lowest BCUT2D eigenvalue weighted by Crippen LogP contribution is -2.38. The molecule has 3 rings (SSSR count). The molecule has 0 bridgehead atoms. The third-order valence-corrected chi connectivity index (χ3v) is 4.90. The molecule has 1 N–H and O–H groups in total. The zero-order chi connectivity index (χ0) is 20.1. The molecule has 0 unspecified atom stereocenters. The van der Waals surface area contributed by atoms with E-state index in [-0.39, 0.29) is 18.4 Å². The molecule has 1 aliphatic heterocycles. The fraction of sp³-hybridized carbons (Fsp3) is 0.400. The van der Waals surface area contributed by atoms with Crippen LogP contribution in [0.3, 0.4) is 0 Å². The molecule has 1 heterocycles. The van der Waals surface area contributed by atoms with Crippen LogP contribution in [-0.2, 0) is 30.5 Å². The maximum absolute atomic E-state index is 12.3. The maximum Gasteiger partial charge on any atom is 0.326 e. The molecule has 1 aromatic rings. The molecule has 0 saturated carbocycles. The molecule has 0 spiro atoms. The highest BCUT2D eigenvalue weighted by Crippen LogP contribution is 2.34. The van der Waals surface area contributed by atoms with Crippen molar-refractivity contribution in [3.63, 3.8) is 0 Å². The standard InChI is InChI=1S/C20H22N2O6/c1-27-14-8-6-13(7-9-14)10-21-17(23)12-28-18(24)11-22-19(25)15-4-2-3-5-16(15)20(22)26/h2-3,6-9,15-16H,4-5,10-12H2,1H3,(H,21,23)/t15-,16+. The summed E-state index contributed by atoms with van der Waals surface area (Å²) in [5.74, 6) is -2.02. The molecule has 0 aromatic heterocycles. The maximum atomic E-state index is 12.3. The number of hydrogen-bond acceptors (Lipinski definition) is 6. The third-order valence-electron chi connectivity index (χ3n) is 4.90. The van der Waals surface area contributed by atoms with E-state index in [1.54, 1.807) is 19.2 Å². The quantitative estimate of drug-likeness (QED) is 0.423. The number of carbonyl (C=O) groups excluding carboxylic acids is 4. The number of carbonyl (C=O) groups is 4. The van der Waals surface area contributed by atoms with Gasteiger partial charge in [0.1, 0.15) is 12.3 Å². The van der Waals surface area contributed by atoms with E-state index in [0.29, 0.717) is 18.6 Å². The van der Waals surface area contributed by atoms with Crippen LogP contribution >= 0.6 is 0 Å². The molecular formula is C20H22N2O6. The Kier molecular flexibility index (Phi) is 6.08. The lowest BCUT2D eigenvalue weighted by atomic mass is 9.85. The van der Waals surface area contributed by atoms with E-state index in [9.17, 15) is 19.2 Å². The predicted octanol–water partition coefficient (Wildman–Crippen LogP) is 0.806. The number of rotatable bonds is 7. The minimum Gasteiger partial charge on any atom is -0.497 e. The number of ether oxygens (including phenoxy) is 2. The fourth-order valence-corrected chi connectivity index (χ4v) is 3.34. The first-order chi connectivity index (χ1) is 13.5. The van der Waals surface area contributed by atoms with Crippen molar-refractivity contribution < 1.29 is 28.7 Å². The minimum absolute atomic E-state index is 0.278. The number of fused-ring (bicyclic) bond motifs is 1. The van der Waals surface area contributed by atoms with Gasteiger partial charge in [0.15, 0.2) is 6.61 Å². The molecule has 1 fully saturated rings. The Morgan fingerprint density at radius 3 is 2.25 bits per heavy atom. The van der Waals surface area contributed by atoms with E-state index in [2.05, 4.69) is 5.32 Å². The monoisotopic (exact) mass is 386 g/mol. The van der Waals surface area contributed by atoms with Gasteiger partial charge in [0.05, 0.1) is 18.9 Å². The van der Waals surface area contributed by atoms with Crippen molar-refractivity contribution in [3.05, 3.63) is 42.0 Å². The van der Waals surface area contributed by atoms with Gasteiger partial charge in [0, 0.05) is 6.54 Å². The summed E-state index contributed by atoms with van der Waals surface area (Å²) in [5.41, 5.74) is 0.866. The molecule has 3 amide bonds. The number of nitrogens with one attached hydrogen (secondary N) is 1. The Hall–Kier alpha value is -3.16. The van der Waals surface area contributed by atoms with Crippen molar-refractivity contribution in [2.75, 3.05) is 20.3 Å². The molecule has 8 heteroatoms. The van der Waals surface area contributed by atoms with Gasteiger partial charge in [-0.1, -0.05) is 24.3 Å². The van der Waals surface area contributed by atoms with E-state index in [0.717, 1.165) is 10.5 Å². The summed E-state index contributed by atoms with van der Waals surface area (Å²) in [6, 6.07) is 7.17.